The number of aliphatic carboxylic acids is 1. The predicted octanol–water partition coefficient (Wildman–Crippen LogP) is 1.01. The number of hydrogen-bond donors (Lipinski definition) is 4. The first-order valence-corrected chi connectivity index (χ1v) is 7.29. The van der Waals surface area contributed by atoms with Crippen molar-refractivity contribution in [2.45, 2.75) is 32.2 Å². The zero-order valence-electron chi connectivity index (χ0n) is 12.8. The van der Waals surface area contributed by atoms with Crippen molar-refractivity contribution in [3.8, 4) is 0 Å². The van der Waals surface area contributed by atoms with Crippen LogP contribution >= 0.6 is 0 Å². The van der Waals surface area contributed by atoms with Crippen LogP contribution in [0.25, 0.3) is 0 Å². The molecule has 0 radical (unpaired) electrons. The quantitative estimate of drug-likeness (QED) is 0.576. The molecule has 7 heteroatoms. The molecule has 0 spiro atoms. The van der Waals surface area contributed by atoms with Crippen LogP contribution in [-0.2, 0) is 17.9 Å². The summed E-state index contributed by atoms with van der Waals surface area (Å²) in [6.45, 7) is 2.32. The normalized spacial score (nSPS) is 13.3. The Morgan fingerprint density at radius 1 is 1.13 bits per heavy atom. The van der Waals surface area contributed by atoms with Crippen LogP contribution in [0.5, 0.6) is 0 Å². The standard InChI is InChI=1S/C16H20N4O3/c1-11(21)14(15(22)23)17-8-13-9-19-16(20-10-13)18-7-12-5-3-2-4-6-12/h2-6,9-11,14,17,21H,7-8H2,1H3,(H,22,23)(H,18,19,20)/t11-,14-/m1/s1. The van der Waals surface area contributed by atoms with Gasteiger partial charge in [0.2, 0.25) is 5.95 Å². The Hall–Kier alpha value is -2.51. The third-order valence-corrected chi connectivity index (χ3v) is 3.27. The maximum atomic E-state index is 11.0. The van der Waals surface area contributed by atoms with E-state index in [1.165, 1.54) is 6.92 Å². The Morgan fingerprint density at radius 3 is 2.35 bits per heavy atom. The molecule has 0 aliphatic carbocycles. The summed E-state index contributed by atoms with van der Waals surface area (Å²) in [5.41, 5.74) is 1.87. The average Bonchev–Trinajstić information content (AvgIpc) is 2.54. The monoisotopic (exact) mass is 316 g/mol. The molecule has 0 amide bonds. The fourth-order valence-electron chi connectivity index (χ4n) is 2.01. The highest BCUT2D eigenvalue weighted by molar-refractivity contribution is 5.74. The Bertz CT molecular complexity index is 617. The van der Waals surface area contributed by atoms with Crippen molar-refractivity contribution in [1.82, 2.24) is 15.3 Å². The van der Waals surface area contributed by atoms with E-state index in [-0.39, 0.29) is 6.54 Å². The molecule has 0 bridgehead atoms. The van der Waals surface area contributed by atoms with E-state index in [9.17, 15) is 9.90 Å². The molecule has 23 heavy (non-hydrogen) atoms. The maximum absolute atomic E-state index is 11.0. The number of aliphatic hydroxyl groups is 1. The van der Waals surface area contributed by atoms with Gasteiger partial charge in [-0.1, -0.05) is 30.3 Å². The molecule has 1 heterocycles. The predicted molar refractivity (Wildman–Crippen MR) is 85.7 cm³/mol. The number of hydrogen-bond acceptors (Lipinski definition) is 6. The Morgan fingerprint density at radius 2 is 1.78 bits per heavy atom. The first kappa shape index (κ1) is 16.9. The van der Waals surface area contributed by atoms with Crippen LogP contribution in [0.15, 0.2) is 42.7 Å². The van der Waals surface area contributed by atoms with Gasteiger partial charge in [0.1, 0.15) is 6.04 Å². The smallest absolute Gasteiger partial charge is 0.323 e. The SMILES string of the molecule is C[C@@H](O)[C@@H](NCc1cnc(NCc2ccccc2)nc1)C(=O)O. The second kappa shape index (κ2) is 8.21. The minimum Gasteiger partial charge on any atom is -0.480 e. The molecule has 122 valence electrons. The van der Waals surface area contributed by atoms with E-state index in [2.05, 4.69) is 20.6 Å². The van der Waals surface area contributed by atoms with Crippen LogP contribution in [0, 0.1) is 0 Å². The molecule has 0 aliphatic heterocycles. The summed E-state index contributed by atoms with van der Waals surface area (Å²) in [6.07, 6.45) is 2.25. The van der Waals surface area contributed by atoms with Crippen LogP contribution < -0.4 is 10.6 Å². The van der Waals surface area contributed by atoms with Gasteiger partial charge in [0.15, 0.2) is 0 Å². The molecule has 1 aromatic carbocycles. The second-order valence-electron chi connectivity index (χ2n) is 5.19. The van der Waals surface area contributed by atoms with E-state index in [4.69, 9.17) is 5.11 Å². The highest BCUT2D eigenvalue weighted by Crippen LogP contribution is 2.05. The van der Waals surface area contributed by atoms with Crippen molar-refractivity contribution in [2.75, 3.05) is 5.32 Å². The van der Waals surface area contributed by atoms with E-state index in [1.807, 2.05) is 30.3 Å². The number of aromatic nitrogens is 2. The summed E-state index contributed by atoms with van der Waals surface area (Å²) in [5, 5.41) is 24.3. The molecule has 0 fully saturated rings. The van der Waals surface area contributed by atoms with Crippen molar-refractivity contribution in [1.29, 1.82) is 0 Å². The van der Waals surface area contributed by atoms with Gasteiger partial charge in [-0.05, 0) is 12.5 Å². The van der Waals surface area contributed by atoms with Gasteiger partial charge in [-0.3, -0.25) is 10.1 Å². The third kappa shape index (κ3) is 5.32. The first-order valence-electron chi connectivity index (χ1n) is 7.29. The topological polar surface area (TPSA) is 107 Å². The lowest BCUT2D eigenvalue weighted by atomic mass is 10.2. The summed E-state index contributed by atoms with van der Waals surface area (Å²) >= 11 is 0. The average molecular weight is 316 g/mol. The van der Waals surface area contributed by atoms with E-state index in [0.29, 0.717) is 12.5 Å². The number of anilines is 1. The lowest BCUT2D eigenvalue weighted by Crippen LogP contribution is -2.44. The molecule has 0 unspecified atom stereocenters. The Kier molecular flexibility index (Phi) is 6.02. The molecule has 0 saturated carbocycles. The largest absolute Gasteiger partial charge is 0.480 e. The summed E-state index contributed by atoms with van der Waals surface area (Å²) in [4.78, 5) is 19.4. The number of aliphatic hydroxyl groups excluding tert-OH is 1. The summed E-state index contributed by atoms with van der Waals surface area (Å²) < 4.78 is 0. The zero-order chi connectivity index (χ0) is 16.7. The highest BCUT2D eigenvalue weighted by atomic mass is 16.4. The van der Waals surface area contributed by atoms with Crippen LogP contribution in [0.3, 0.4) is 0 Å². The maximum Gasteiger partial charge on any atom is 0.323 e. The summed E-state index contributed by atoms with van der Waals surface area (Å²) in [5.74, 6) is -0.593. The molecule has 7 nitrogen and oxygen atoms in total. The van der Waals surface area contributed by atoms with E-state index >= 15 is 0 Å². The van der Waals surface area contributed by atoms with Gasteiger partial charge in [0.25, 0.3) is 0 Å². The lowest BCUT2D eigenvalue weighted by molar-refractivity contribution is -0.142. The Labute approximate surface area is 134 Å². The fourth-order valence-corrected chi connectivity index (χ4v) is 2.01. The highest BCUT2D eigenvalue weighted by Gasteiger charge is 2.22. The van der Waals surface area contributed by atoms with Crippen molar-refractivity contribution >= 4 is 11.9 Å². The Balaban J connectivity index is 1.85. The zero-order valence-corrected chi connectivity index (χ0v) is 12.8. The van der Waals surface area contributed by atoms with Gasteiger partial charge in [-0.2, -0.15) is 0 Å². The van der Waals surface area contributed by atoms with Crippen LogP contribution in [0.2, 0.25) is 0 Å². The minimum atomic E-state index is -1.10. The number of carboxylic acids is 1. The van der Waals surface area contributed by atoms with Crippen LogP contribution in [0.4, 0.5) is 5.95 Å². The number of nitrogens with zero attached hydrogens (tertiary/aromatic N) is 2. The molecule has 2 atom stereocenters. The van der Waals surface area contributed by atoms with Gasteiger partial charge in [0.05, 0.1) is 6.10 Å². The molecular formula is C16H20N4O3. The van der Waals surface area contributed by atoms with Crippen LogP contribution in [-0.4, -0.2) is 38.3 Å². The number of carbonyl (C=O) groups is 1. The second-order valence-corrected chi connectivity index (χ2v) is 5.19. The summed E-state index contributed by atoms with van der Waals surface area (Å²) in [6, 6.07) is 8.88. The molecule has 0 aliphatic rings. The molecular weight excluding hydrogens is 296 g/mol. The van der Waals surface area contributed by atoms with E-state index in [1.54, 1.807) is 12.4 Å². The van der Waals surface area contributed by atoms with Crippen molar-refractivity contribution in [3.05, 3.63) is 53.9 Å². The number of rotatable bonds is 8. The summed E-state index contributed by atoms with van der Waals surface area (Å²) in [7, 11) is 0. The molecule has 1 aromatic heterocycles. The molecule has 0 saturated heterocycles. The van der Waals surface area contributed by atoms with Gasteiger partial charge < -0.3 is 15.5 Å². The van der Waals surface area contributed by atoms with Crippen molar-refractivity contribution < 1.29 is 15.0 Å². The number of carboxylic acid groups (broad SMARTS) is 1. The number of benzene rings is 1. The first-order chi connectivity index (χ1) is 11.1. The third-order valence-electron chi connectivity index (χ3n) is 3.27. The van der Waals surface area contributed by atoms with E-state index in [0.717, 1.165) is 11.1 Å². The molecule has 2 rings (SSSR count). The molecule has 2 aromatic rings. The lowest BCUT2D eigenvalue weighted by Gasteiger charge is -2.16. The van der Waals surface area contributed by atoms with Gasteiger partial charge >= 0.3 is 5.97 Å². The van der Waals surface area contributed by atoms with Gasteiger partial charge in [0, 0.05) is 31.0 Å². The van der Waals surface area contributed by atoms with Gasteiger partial charge in [-0.25, -0.2) is 9.97 Å². The van der Waals surface area contributed by atoms with E-state index < -0.39 is 18.1 Å². The van der Waals surface area contributed by atoms with Crippen molar-refractivity contribution in [3.63, 3.8) is 0 Å². The fraction of sp³-hybridized carbons (Fsp3) is 0.312. The molecule has 4 N–H and O–H groups in total. The van der Waals surface area contributed by atoms with Crippen molar-refractivity contribution in [2.24, 2.45) is 0 Å². The van der Waals surface area contributed by atoms with Crippen LogP contribution in [0.1, 0.15) is 18.1 Å². The number of nitrogens with one attached hydrogen (secondary N) is 2. The minimum absolute atomic E-state index is 0.265. The van der Waals surface area contributed by atoms with Gasteiger partial charge in [-0.15, -0.1) is 0 Å².